The average molecular weight is 257 g/mol. The fourth-order valence-corrected chi connectivity index (χ4v) is 1.58. The van der Waals surface area contributed by atoms with Crippen LogP contribution in [0.3, 0.4) is 0 Å². The van der Waals surface area contributed by atoms with Gasteiger partial charge in [-0.25, -0.2) is 4.79 Å². The summed E-state index contributed by atoms with van der Waals surface area (Å²) < 4.78 is 0. The molecule has 0 aliphatic rings. The van der Waals surface area contributed by atoms with E-state index in [1.807, 2.05) is 19.9 Å². The van der Waals surface area contributed by atoms with Gasteiger partial charge in [0.1, 0.15) is 0 Å². The molecule has 0 aliphatic carbocycles. The Morgan fingerprint density at radius 3 is 2.76 bits per heavy atom. The molecule has 2 amide bonds. The van der Waals surface area contributed by atoms with E-state index in [2.05, 4.69) is 5.32 Å². The molecule has 0 bridgehead atoms. The second-order valence-electron chi connectivity index (χ2n) is 3.70. The van der Waals surface area contributed by atoms with Gasteiger partial charge in [0.25, 0.3) is 0 Å². The minimum atomic E-state index is -0.235. The first-order valence-electron chi connectivity index (χ1n) is 5.51. The molecular formula is C12H17ClN2O2. The van der Waals surface area contributed by atoms with E-state index < -0.39 is 0 Å². The fourth-order valence-electron chi connectivity index (χ4n) is 1.40. The molecule has 94 valence electrons. The lowest BCUT2D eigenvalue weighted by atomic mass is 10.2. The van der Waals surface area contributed by atoms with Crippen molar-refractivity contribution < 1.29 is 9.90 Å². The van der Waals surface area contributed by atoms with Gasteiger partial charge in [-0.05, 0) is 31.5 Å². The van der Waals surface area contributed by atoms with Crippen molar-refractivity contribution in [2.45, 2.75) is 13.8 Å². The van der Waals surface area contributed by atoms with Crippen molar-refractivity contribution in [3.63, 3.8) is 0 Å². The number of urea groups is 1. The molecule has 0 aromatic heterocycles. The Kier molecular flexibility index (Phi) is 5.25. The molecule has 2 N–H and O–H groups in total. The van der Waals surface area contributed by atoms with E-state index in [1.165, 1.54) is 4.90 Å². The number of benzene rings is 1. The standard InChI is InChI=1S/C12H17ClN2O2/c1-3-15(6-7-16)12(17)14-10-5-4-9(2)11(13)8-10/h4-5,8,16H,3,6-7H2,1-2H3,(H,14,17). The quantitative estimate of drug-likeness (QED) is 0.870. The van der Waals surface area contributed by atoms with Gasteiger partial charge in [0.2, 0.25) is 0 Å². The third-order valence-electron chi connectivity index (χ3n) is 2.46. The van der Waals surface area contributed by atoms with Crippen molar-refractivity contribution in [3.8, 4) is 0 Å². The molecular weight excluding hydrogens is 240 g/mol. The Hall–Kier alpha value is -1.26. The molecule has 0 spiro atoms. The van der Waals surface area contributed by atoms with Crippen LogP contribution in [0.15, 0.2) is 18.2 Å². The maximum Gasteiger partial charge on any atom is 0.321 e. The monoisotopic (exact) mass is 256 g/mol. The number of aliphatic hydroxyl groups excluding tert-OH is 1. The summed E-state index contributed by atoms with van der Waals surface area (Å²) in [5, 5.41) is 12.2. The summed E-state index contributed by atoms with van der Waals surface area (Å²) in [6.07, 6.45) is 0. The second kappa shape index (κ2) is 6.47. The van der Waals surface area contributed by atoms with Crippen LogP contribution in [0.1, 0.15) is 12.5 Å². The smallest absolute Gasteiger partial charge is 0.321 e. The van der Waals surface area contributed by atoms with Crippen LogP contribution in [-0.4, -0.2) is 35.7 Å². The molecule has 1 aromatic carbocycles. The lowest BCUT2D eigenvalue weighted by Crippen LogP contribution is -2.36. The van der Waals surface area contributed by atoms with Gasteiger partial charge in [-0.3, -0.25) is 0 Å². The van der Waals surface area contributed by atoms with Crippen molar-refractivity contribution in [3.05, 3.63) is 28.8 Å². The highest BCUT2D eigenvalue weighted by Crippen LogP contribution is 2.20. The number of nitrogens with one attached hydrogen (secondary N) is 1. The van der Waals surface area contributed by atoms with E-state index in [4.69, 9.17) is 16.7 Å². The number of amides is 2. The lowest BCUT2D eigenvalue weighted by Gasteiger charge is -2.20. The molecule has 0 unspecified atom stereocenters. The molecule has 0 fully saturated rings. The minimum absolute atomic E-state index is 0.0457. The number of rotatable bonds is 4. The van der Waals surface area contributed by atoms with Crippen molar-refractivity contribution >= 4 is 23.3 Å². The Balaban J connectivity index is 2.69. The van der Waals surface area contributed by atoms with E-state index in [1.54, 1.807) is 12.1 Å². The Bertz CT molecular complexity index is 396. The summed E-state index contributed by atoms with van der Waals surface area (Å²) in [7, 11) is 0. The first kappa shape index (κ1) is 13.8. The molecule has 0 atom stereocenters. The Morgan fingerprint density at radius 2 is 2.24 bits per heavy atom. The SMILES string of the molecule is CCN(CCO)C(=O)Nc1ccc(C)c(Cl)c1. The number of nitrogens with zero attached hydrogens (tertiary/aromatic N) is 1. The number of likely N-dealkylation sites (N-methyl/N-ethyl adjacent to an activating group) is 1. The lowest BCUT2D eigenvalue weighted by molar-refractivity contribution is 0.192. The van der Waals surface area contributed by atoms with Crippen molar-refractivity contribution in [2.75, 3.05) is 25.0 Å². The maximum absolute atomic E-state index is 11.8. The zero-order valence-electron chi connectivity index (χ0n) is 10.0. The Labute approximate surface area is 106 Å². The Morgan fingerprint density at radius 1 is 1.53 bits per heavy atom. The predicted molar refractivity (Wildman–Crippen MR) is 69.5 cm³/mol. The molecule has 0 radical (unpaired) electrons. The van der Waals surface area contributed by atoms with E-state index in [0.29, 0.717) is 23.8 Å². The summed E-state index contributed by atoms with van der Waals surface area (Å²) in [5.74, 6) is 0. The molecule has 5 heteroatoms. The van der Waals surface area contributed by atoms with Crippen LogP contribution in [0.5, 0.6) is 0 Å². The first-order valence-corrected chi connectivity index (χ1v) is 5.89. The number of halogens is 1. The molecule has 0 aliphatic heterocycles. The summed E-state index contributed by atoms with van der Waals surface area (Å²) in [6.45, 7) is 4.58. The molecule has 0 heterocycles. The molecule has 0 saturated heterocycles. The fraction of sp³-hybridized carbons (Fsp3) is 0.417. The summed E-state index contributed by atoms with van der Waals surface area (Å²) in [6, 6.07) is 5.12. The topological polar surface area (TPSA) is 52.6 Å². The highest BCUT2D eigenvalue weighted by Gasteiger charge is 2.11. The zero-order valence-corrected chi connectivity index (χ0v) is 10.8. The summed E-state index contributed by atoms with van der Waals surface area (Å²) in [4.78, 5) is 13.3. The van der Waals surface area contributed by atoms with E-state index in [0.717, 1.165) is 5.56 Å². The number of aliphatic hydroxyl groups is 1. The van der Waals surface area contributed by atoms with Gasteiger partial charge in [0, 0.05) is 23.8 Å². The molecule has 4 nitrogen and oxygen atoms in total. The largest absolute Gasteiger partial charge is 0.395 e. The third kappa shape index (κ3) is 3.91. The van der Waals surface area contributed by atoms with Crippen molar-refractivity contribution in [2.24, 2.45) is 0 Å². The number of aryl methyl sites for hydroxylation is 1. The highest BCUT2D eigenvalue weighted by molar-refractivity contribution is 6.31. The normalized spacial score (nSPS) is 10.1. The van der Waals surface area contributed by atoms with Crippen LogP contribution in [0, 0.1) is 6.92 Å². The molecule has 1 aromatic rings. The molecule has 0 saturated carbocycles. The van der Waals surface area contributed by atoms with Gasteiger partial charge >= 0.3 is 6.03 Å². The molecule has 1 rings (SSSR count). The average Bonchev–Trinajstić information content (AvgIpc) is 2.30. The number of anilines is 1. The van der Waals surface area contributed by atoms with Crippen molar-refractivity contribution in [1.82, 2.24) is 4.90 Å². The summed E-state index contributed by atoms with van der Waals surface area (Å²) in [5.41, 5.74) is 1.62. The van der Waals surface area contributed by atoms with Crippen LogP contribution in [0.25, 0.3) is 0 Å². The number of carbonyl (C=O) groups is 1. The molecule has 17 heavy (non-hydrogen) atoms. The van der Waals surface area contributed by atoms with Crippen LogP contribution in [0.2, 0.25) is 5.02 Å². The van der Waals surface area contributed by atoms with Crippen molar-refractivity contribution in [1.29, 1.82) is 0 Å². The van der Waals surface area contributed by atoms with Crippen LogP contribution >= 0.6 is 11.6 Å². The van der Waals surface area contributed by atoms with Gasteiger partial charge in [0.15, 0.2) is 0 Å². The van der Waals surface area contributed by atoms with Gasteiger partial charge < -0.3 is 15.3 Å². The third-order valence-corrected chi connectivity index (χ3v) is 2.87. The summed E-state index contributed by atoms with van der Waals surface area (Å²) >= 11 is 5.97. The van der Waals surface area contributed by atoms with Crippen LogP contribution < -0.4 is 5.32 Å². The maximum atomic E-state index is 11.8. The number of carbonyl (C=O) groups excluding carboxylic acids is 1. The van der Waals surface area contributed by atoms with Gasteiger partial charge in [0.05, 0.1) is 6.61 Å². The van der Waals surface area contributed by atoms with Gasteiger partial charge in [-0.15, -0.1) is 0 Å². The van der Waals surface area contributed by atoms with Gasteiger partial charge in [-0.1, -0.05) is 17.7 Å². The van der Waals surface area contributed by atoms with Crippen LogP contribution in [-0.2, 0) is 0 Å². The minimum Gasteiger partial charge on any atom is -0.395 e. The highest BCUT2D eigenvalue weighted by atomic mass is 35.5. The first-order chi connectivity index (χ1) is 8.08. The predicted octanol–water partition coefficient (Wildman–Crippen LogP) is 2.49. The number of hydrogen-bond acceptors (Lipinski definition) is 2. The van der Waals surface area contributed by atoms with E-state index in [9.17, 15) is 4.79 Å². The van der Waals surface area contributed by atoms with E-state index in [-0.39, 0.29) is 12.6 Å². The zero-order chi connectivity index (χ0) is 12.8. The van der Waals surface area contributed by atoms with E-state index >= 15 is 0 Å². The second-order valence-corrected chi connectivity index (χ2v) is 4.10. The van der Waals surface area contributed by atoms with Crippen LogP contribution in [0.4, 0.5) is 10.5 Å². The van der Waals surface area contributed by atoms with Gasteiger partial charge in [-0.2, -0.15) is 0 Å². The number of hydrogen-bond donors (Lipinski definition) is 2.